The highest BCUT2D eigenvalue weighted by atomic mass is 35.5. The van der Waals surface area contributed by atoms with Gasteiger partial charge in [-0.25, -0.2) is 4.39 Å². The van der Waals surface area contributed by atoms with Gasteiger partial charge in [0, 0.05) is 25.3 Å². The molecule has 0 aromatic heterocycles. The number of anilines is 1. The highest BCUT2D eigenvalue weighted by molar-refractivity contribution is 7.80. The fourth-order valence-electron chi connectivity index (χ4n) is 3.11. The first-order valence-electron chi connectivity index (χ1n) is 9.02. The lowest BCUT2D eigenvalue weighted by molar-refractivity contribution is 0.0170. The Balaban J connectivity index is 1.66. The average molecular weight is 424 g/mol. The van der Waals surface area contributed by atoms with E-state index in [1.807, 2.05) is 12.1 Å². The zero-order valence-corrected chi connectivity index (χ0v) is 17.2. The van der Waals surface area contributed by atoms with E-state index in [4.69, 9.17) is 33.3 Å². The number of morpholine rings is 1. The van der Waals surface area contributed by atoms with Crippen molar-refractivity contribution in [2.75, 3.05) is 45.3 Å². The van der Waals surface area contributed by atoms with Gasteiger partial charge >= 0.3 is 0 Å². The van der Waals surface area contributed by atoms with Crippen molar-refractivity contribution >= 4 is 34.6 Å². The fourth-order valence-corrected chi connectivity index (χ4v) is 3.49. The summed E-state index contributed by atoms with van der Waals surface area (Å²) in [5.74, 6) is 0.362. The van der Waals surface area contributed by atoms with Gasteiger partial charge in [0.05, 0.1) is 31.4 Å². The largest absolute Gasteiger partial charge is 0.497 e. The first-order chi connectivity index (χ1) is 13.6. The second-order valence-electron chi connectivity index (χ2n) is 6.40. The number of benzene rings is 2. The highest BCUT2D eigenvalue weighted by Crippen LogP contribution is 2.24. The van der Waals surface area contributed by atoms with Crippen LogP contribution in [0.5, 0.6) is 5.75 Å². The molecule has 5 nitrogen and oxygen atoms in total. The third kappa shape index (κ3) is 5.54. The van der Waals surface area contributed by atoms with Gasteiger partial charge in [0.1, 0.15) is 11.6 Å². The van der Waals surface area contributed by atoms with Gasteiger partial charge in [0.25, 0.3) is 0 Å². The predicted octanol–water partition coefficient (Wildman–Crippen LogP) is 3.85. The molecule has 0 radical (unpaired) electrons. The topological polar surface area (TPSA) is 45.8 Å². The number of nitrogens with zero attached hydrogens (tertiary/aromatic N) is 1. The van der Waals surface area contributed by atoms with Crippen LogP contribution >= 0.6 is 23.8 Å². The van der Waals surface area contributed by atoms with E-state index in [0.29, 0.717) is 30.6 Å². The van der Waals surface area contributed by atoms with Gasteiger partial charge in [0.15, 0.2) is 5.11 Å². The van der Waals surface area contributed by atoms with Crippen molar-refractivity contribution in [2.45, 2.75) is 6.04 Å². The summed E-state index contributed by atoms with van der Waals surface area (Å²) in [5.41, 5.74) is 1.80. The Hall–Kier alpha value is -1.93. The van der Waals surface area contributed by atoms with Crippen LogP contribution in [0.2, 0.25) is 5.02 Å². The number of halogens is 2. The van der Waals surface area contributed by atoms with Crippen LogP contribution in [0.15, 0.2) is 42.5 Å². The standard InChI is InChI=1S/C20H23ClFN3O2S/c1-26-16-5-2-14(3-6-16)19(25-8-10-27-11-9-25)13-23-20(28)24-15-4-7-18(22)17(21)12-15/h2-7,12,19H,8-11,13H2,1H3,(H2,23,24,28). The van der Waals surface area contributed by atoms with E-state index in [-0.39, 0.29) is 11.1 Å². The van der Waals surface area contributed by atoms with Crippen molar-refractivity contribution in [3.63, 3.8) is 0 Å². The monoisotopic (exact) mass is 423 g/mol. The molecule has 3 rings (SSSR count). The molecule has 1 aliphatic rings. The van der Waals surface area contributed by atoms with E-state index < -0.39 is 5.82 Å². The second-order valence-corrected chi connectivity index (χ2v) is 7.22. The number of hydrogen-bond donors (Lipinski definition) is 2. The van der Waals surface area contributed by atoms with Gasteiger partial charge in [-0.2, -0.15) is 0 Å². The highest BCUT2D eigenvalue weighted by Gasteiger charge is 2.23. The Morgan fingerprint density at radius 3 is 2.61 bits per heavy atom. The number of thiocarbonyl (C=S) groups is 1. The SMILES string of the molecule is COc1ccc(C(CNC(=S)Nc2ccc(F)c(Cl)c2)N2CCOCC2)cc1. The van der Waals surface area contributed by atoms with E-state index >= 15 is 0 Å². The smallest absolute Gasteiger partial charge is 0.170 e. The number of ether oxygens (including phenoxy) is 2. The molecule has 0 amide bonds. The average Bonchev–Trinajstić information content (AvgIpc) is 2.72. The lowest BCUT2D eigenvalue weighted by Crippen LogP contribution is -2.44. The van der Waals surface area contributed by atoms with Crippen molar-refractivity contribution < 1.29 is 13.9 Å². The number of methoxy groups -OCH3 is 1. The molecular weight excluding hydrogens is 401 g/mol. The quantitative estimate of drug-likeness (QED) is 0.688. The molecule has 1 heterocycles. The Morgan fingerprint density at radius 1 is 1.25 bits per heavy atom. The van der Waals surface area contributed by atoms with Crippen LogP contribution in [0.25, 0.3) is 0 Å². The van der Waals surface area contributed by atoms with E-state index in [1.54, 1.807) is 13.2 Å². The van der Waals surface area contributed by atoms with E-state index in [1.165, 1.54) is 17.7 Å². The second kappa shape index (κ2) is 10.0. The molecule has 0 spiro atoms. The summed E-state index contributed by atoms with van der Waals surface area (Å²) in [6.45, 7) is 3.75. The zero-order chi connectivity index (χ0) is 19.9. The van der Waals surface area contributed by atoms with Gasteiger partial charge in [-0.05, 0) is 48.1 Å². The maximum Gasteiger partial charge on any atom is 0.170 e. The normalized spacial score (nSPS) is 15.7. The summed E-state index contributed by atoms with van der Waals surface area (Å²) in [7, 11) is 1.65. The molecule has 28 heavy (non-hydrogen) atoms. The van der Waals surface area contributed by atoms with Gasteiger partial charge in [0.2, 0.25) is 0 Å². The van der Waals surface area contributed by atoms with Crippen LogP contribution in [-0.2, 0) is 4.74 Å². The molecule has 1 saturated heterocycles. The molecule has 8 heteroatoms. The van der Waals surface area contributed by atoms with Crippen LogP contribution in [0.3, 0.4) is 0 Å². The number of rotatable bonds is 6. The molecule has 0 aliphatic carbocycles. The Bertz CT molecular complexity index is 801. The third-order valence-electron chi connectivity index (χ3n) is 4.62. The zero-order valence-electron chi connectivity index (χ0n) is 15.6. The molecule has 2 N–H and O–H groups in total. The maximum atomic E-state index is 13.3. The predicted molar refractivity (Wildman–Crippen MR) is 114 cm³/mol. The lowest BCUT2D eigenvalue weighted by Gasteiger charge is -2.35. The van der Waals surface area contributed by atoms with Crippen molar-refractivity contribution in [1.82, 2.24) is 10.2 Å². The summed E-state index contributed by atoms with van der Waals surface area (Å²) in [6.07, 6.45) is 0. The van der Waals surface area contributed by atoms with E-state index in [2.05, 4.69) is 27.7 Å². The van der Waals surface area contributed by atoms with Crippen LogP contribution < -0.4 is 15.4 Å². The Labute approximate surface area is 174 Å². The summed E-state index contributed by atoms with van der Waals surface area (Å²) in [6, 6.07) is 12.6. The molecule has 2 aromatic carbocycles. The van der Waals surface area contributed by atoms with Crippen molar-refractivity contribution in [3.8, 4) is 5.75 Å². The number of nitrogens with one attached hydrogen (secondary N) is 2. The molecule has 1 atom stereocenters. The van der Waals surface area contributed by atoms with E-state index in [9.17, 15) is 4.39 Å². The molecule has 150 valence electrons. The minimum atomic E-state index is -0.460. The summed E-state index contributed by atoms with van der Waals surface area (Å²) in [4.78, 5) is 2.37. The molecule has 1 unspecified atom stereocenters. The lowest BCUT2D eigenvalue weighted by atomic mass is 10.0. The summed E-state index contributed by atoms with van der Waals surface area (Å²) in [5, 5.41) is 6.81. The van der Waals surface area contributed by atoms with Gasteiger partial charge in [-0.1, -0.05) is 23.7 Å². The summed E-state index contributed by atoms with van der Waals surface area (Å²) < 4.78 is 24.0. The van der Waals surface area contributed by atoms with Crippen molar-refractivity contribution in [3.05, 3.63) is 58.9 Å². The van der Waals surface area contributed by atoms with Crippen LogP contribution in [-0.4, -0.2) is 50.0 Å². The molecule has 1 aliphatic heterocycles. The molecule has 0 saturated carbocycles. The van der Waals surface area contributed by atoms with E-state index in [0.717, 1.165) is 18.8 Å². The Morgan fingerprint density at radius 2 is 1.96 bits per heavy atom. The van der Waals surface area contributed by atoms with Crippen LogP contribution in [0.4, 0.5) is 10.1 Å². The third-order valence-corrected chi connectivity index (χ3v) is 5.16. The minimum absolute atomic E-state index is 0.0530. The van der Waals surface area contributed by atoms with Crippen LogP contribution in [0, 0.1) is 5.82 Å². The van der Waals surface area contributed by atoms with Gasteiger partial charge < -0.3 is 20.1 Å². The molecule has 2 aromatic rings. The van der Waals surface area contributed by atoms with Gasteiger partial charge in [-0.15, -0.1) is 0 Å². The Kier molecular flexibility index (Phi) is 7.44. The van der Waals surface area contributed by atoms with Gasteiger partial charge in [-0.3, -0.25) is 4.90 Å². The van der Waals surface area contributed by atoms with Crippen LogP contribution in [0.1, 0.15) is 11.6 Å². The summed E-state index contributed by atoms with van der Waals surface area (Å²) >= 11 is 11.2. The first kappa shape index (κ1) is 20.8. The molecule has 0 bridgehead atoms. The first-order valence-corrected chi connectivity index (χ1v) is 9.81. The molecule has 1 fully saturated rings. The maximum absolute atomic E-state index is 13.3. The van der Waals surface area contributed by atoms with Crippen molar-refractivity contribution in [1.29, 1.82) is 0 Å². The molecular formula is C20H23ClFN3O2S. The fraction of sp³-hybridized carbons (Fsp3) is 0.350. The van der Waals surface area contributed by atoms with Crippen molar-refractivity contribution in [2.24, 2.45) is 0 Å². The number of hydrogen-bond acceptors (Lipinski definition) is 4. The minimum Gasteiger partial charge on any atom is -0.497 e.